The van der Waals surface area contributed by atoms with Gasteiger partial charge in [0.25, 0.3) is 0 Å². The standard InChI is InChI=1S/C15H26N2O2/c1-4-15(5-2,11-18)10-17-12-8-7-9-13(14(12)16)19-6-3/h7-9,17-18H,4-6,10-11,16H2,1-3H3. The number of aliphatic hydroxyl groups excluding tert-OH is 1. The SMILES string of the molecule is CCOc1cccc(NCC(CC)(CC)CO)c1N. The van der Waals surface area contributed by atoms with E-state index in [4.69, 9.17) is 10.5 Å². The van der Waals surface area contributed by atoms with Crippen LogP contribution in [-0.2, 0) is 0 Å². The molecule has 1 aromatic carbocycles. The fourth-order valence-corrected chi connectivity index (χ4v) is 2.04. The normalized spacial score (nSPS) is 11.4. The summed E-state index contributed by atoms with van der Waals surface area (Å²) in [5, 5.41) is 12.9. The molecule has 19 heavy (non-hydrogen) atoms. The maximum Gasteiger partial charge on any atom is 0.144 e. The van der Waals surface area contributed by atoms with E-state index in [2.05, 4.69) is 19.2 Å². The lowest BCUT2D eigenvalue weighted by Gasteiger charge is -2.30. The molecule has 0 amide bonds. The quantitative estimate of drug-likeness (QED) is 0.633. The minimum atomic E-state index is -0.0892. The molecule has 4 nitrogen and oxygen atoms in total. The molecule has 0 saturated heterocycles. The average Bonchev–Trinajstić information content (AvgIpc) is 2.45. The molecule has 4 N–H and O–H groups in total. The molecule has 0 unspecified atom stereocenters. The highest BCUT2D eigenvalue weighted by Gasteiger charge is 2.25. The van der Waals surface area contributed by atoms with Gasteiger partial charge < -0.3 is 20.9 Å². The molecule has 1 rings (SSSR count). The van der Waals surface area contributed by atoms with Gasteiger partial charge in [0.05, 0.1) is 24.6 Å². The largest absolute Gasteiger partial charge is 0.492 e. The molecule has 0 heterocycles. The third-order valence-corrected chi connectivity index (χ3v) is 3.86. The summed E-state index contributed by atoms with van der Waals surface area (Å²) < 4.78 is 5.47. The number of hydrogen-bond acceptors (Lipinski definition) is 4. The number of nitrogens with two attached hydrogens (primary N) is 1. The van der Waals surface area contributed by atoms with Crippen LogP contribution in [0.1, 0.15) is 33.6 Å². The fourth-order valence-electron chi connectivity index (χ4n) is 2.04. The Morgan fingerprint density at radius 2 is 1.95 bits per heavy atom. The number of nitrogen functional groups attached to an aromatic ring is 1. The second-order valence-corrected chi connectivity index (χ2v) is 4.87. The van der Waals surface area contributed by atoms with Crippen molar-refractivity contribution < 1.29 is 9.84 Å². The zero-order chi connectivity index (χ0) is 14.3. The van der Waals surface area contributed by atoms with Gasteiger partial charge in [-0.05, 0) is 31.9 Å². The lowest BCUT2D eigenvalue weighted by molar-refractivity contribution is 0.127. The summed E-state index contributed by atoms with van der Waals surface area (Å²) in [7, 11) is 0. The maximum atomic E-state index is 9.57. The first kappa shape index (κ1) is 15.6. The van der Waals surface area contributed by atoms with Gasteiger partial charge in [0, 0.05) is 12.0 Å². The minimum absolute atomic E-state index is 0.0892. The number of hydrogen-bond donors (Lipinski definition) is 3. The van der Waals surface area contributed by atoms with Crippen LogP contribution < -0.4 is 15.8 Å². The van der Waals surface area contributed by atoms with Gasteiger partial charge in [-0.15, -0.1) is 0 Å². The predicted octanol–water partition coefficient (Wildman–Crippen LogP) is 2.88. The van der Waals surface area contributed by atoms with E-state index in [-0.39, 0.29) is 12.0 Å². The summed E-state index contributed by atoms with van der Waals surface area (Å²) >= 11 is 0. The van der Waals surface area contributed by atoms with Crippen LogP contribution in [0.5, 0.6) is 5.75 Å². The molecule has 0 aliphatic heterocycles. The van der Waals surface area contributed by atoms with Crippen LogP contribution in [0.25, 0.3) is 0 Å². The molecule has 0 aliphatic rings. The summed E-state index contributed by atoms with van der Waals surface area (Å²) in [6.45, 7) is 7.61. The second-order valence-electron chi connectivity index (χ2n) is 4.87. The Labute approximate surface area is 116 Å². The monoisotopic (exact) mass is 266 g/mol. The fraction of sp³-hybridized carbons (Fsp3) is 0.600. The highest BCUT2D eigenvalue weighted by atomic mass is 16.5. The van der Waals surface area contributed by atoms with E-state index in [0.717, 1.165) is 18.5 Å². The number of ether oxygens (including phenoxy) is 1. The highest BCUT2D eigenvalue weighted by Crippen LogP contribution is 2.32. The van der Waals surface area contributed by atoms with Crippen molar-refractivity contribution in [3.05, 3.63) is 18.2 Å². The Morgan fingerprint density at radius 1 is 1.26 bits per heavy atom. The minimum Gasteiger partial charge on any atom is -0.492 e. The van der Waals surface area contributed by atoms with E-state index >= 15 is 0 Å². The molecular formula is C15H26N2O2. The number of nitrogens with one attached hydrogen (secondary N) is 1. The first-order valence-corrected chi connectivity index (χ1v) is 6.98. The molecule has 0 radical (unpaired) electrons. The van der Waals surface area contributed by atoms with Crippen molar-refractivity contribution >= 4 is 11.4 Å². The van der Waals surface area contributed by atoms with Crippen molar-refractivity contribution in [1.82, 2.24) is 0 Å². The predicted molar refractivity (Wildman–Crippen MR) is 80.6 cm³/mol. The molecule has 0 saturated carbocycles. The van der Waals surface area contributed by atoms with Crippen LogP contribution in [0, 0.1) is 5.41 Å². The average molecular weight is 266 g/mol. The van der Waals surface area contributed by atoms with Crippen molar-refractivity contribution in [2.24, 2.45) is 5.41 Å². The van der Waals surface area contributed by atoms with Crippen LogP contribution in [0.4, 0.5) is 11.4 Å². The number of anilines is 2. The zero-order valence-corrected chi connectivity index (χ0v) is 12.2. The van der Waals surface area contributed by atoms with Crippen LogP contribution in [-0.4, -0.2) is 24.9 Å². The van der Waals surface area contributed by atoms with Gasteiger partial charge in [0.2, 0.25) is 0 Å². The van der Waals surface area contributed by atoms with E-state index < -0.39 is 0 Å². The van der Waals surface area contributed by atoms with Crippen molar-refractivity contribution in [3.63, 3.8) is 0 Å². The van der Waals surface area contributed by atoms with Crippen molar-refractivity contribution in [2.75, 3.05) is 30.8 Å². The van der Waals surface area contributed by atoms with Crippen LogP contribution in [0.3, 0.4) is 0 Å². The maximum absolute atomic E-state index is 9.57. The zero-order valence-electron chi connectivity index (χ0n) is 12.2. The Bertz CT molecular complexity index is 381. The van der Waals surface area contributed by atoms with Gasteiger partial charge in [-0.25, -0.2) is 0 Å². The van der Waals surface area contributed by atoms with E-state index in [1.807, 2.05) is 25.1 Å². The summed E-state index contributed by atoms with van der Waals surface area (Å²) in [4.78, 5) is 0. The molecule has 0 spiro atoms. The lowest BCUT2D eigenvalue weighted by atomic mass is 9.83. The van der Waals surface area contributed by atoms with Crippen LogP contribution >= 0.6 is 0 Å². The first-order valence-electron chi connectivity index (χ1n) is 6.98. The van der Waals surface area contributed by atoms with Crippen molar-refractivity contribution in [3.8, 4) is 5.75 Å². The van der Waals surface area contributed by atoms with Crippen molar-refractivity contribution in [1.29, 1.82) is 0 Å². The Balaban J connectivity index is 2.80. The summed E-state index contributed by atoms with van der Waals surface area (Å²) in [5.74, 6) is 0.704. The smallest absolute Gasteiger partial charge is 0.144 e. The van der Waals surface area contributed by atoms with Crippen molar-refractivity contribution in [2.45, 2.75) is 33.6 Å². The van der Waals surface area contributed by atoms with E-state index in [0.29, 0.717) is 24.6 Å². The topological polar surface area (TPSA) is 67.5 Å². The Morgan fingerprint density at radius 3 is 2.47 bits per heavy atom. The molecule has 0 fully saturated rings. The number of para-hydroxylation sites is 1. The molecule has 4 heteroatoms. The van der Waals surface area contributed by atoms with E-state index in [1.165, 1.54) is 0 Å². The second kappa shape index (κ2) is 7.24. The van der Waals surface area contributed by atoms with Gasteiger partial charge in [0.1, 0.15) is 5.75 Å². The third kappa shape index (κ3) is 3.77. The van der Waals surface area contributed by atoms with E-state index in [9.17, 15) is 5.11 Å². The number of aliphatic hydroxyl groups is 1. The van der Waals surface area contributed by atoms with Crippen LogP contribution in [0.15, 0.2) is 18.2 Å². The molecule has 1 aromatic rings. The first-order chi connectivity index (χ1) is 9.12. The van der Waals surface area contributed by atoms with Gasteiger partial charge in [0.15, 0.2) is 0 Å². The molecule has 0 bridgehead atoms. The highest BCUT2D eigenvalue weighted by molar-refractivity contribution is 5.72. The molecule has 0 aliphatic carbocycles. The van der Waals surface area contributed by atoms with E-state index in [1.54, 1.807) is 0 Å². The molecular weight excluding hydrogens is 240 g/mol. The summed E-state index contributed by atoms with van der Waals surface area (Å²) in [6, 6.07) is 5.72. The Hall–Kier alpha value is -1.42. The summed E-state index contributed by atoms with van der Waals surface area (Å²) in [6.07, 6.45) is 1.86. The lowest BCUT2D eigenvalue weighted by Crippen LogP contribution is -2.32. The van der Waals surface area contributed by atoms with Gasteiger partial charge >= 0.3 is 0 Å². The van der Waals surface area contributed by atoms with Gasteiger partial charge in [-0.3, -0.25) is 0 Å². The Kier molecular flexibility index (Phi) is 5.96. The summed E-state index contributed by atoms with van der Waals surface area (Å²) in [5.41, 5.74) is 7.48. The number of benzene rings is 1. The van der Waals surface area contributed by atoms with Crippen LogP contribution in [0.2, 0.25) is 0 Å². The number of rotatable bonds is 8. The van der Waals surface area contributed by atoms with Gasteiger partial charge in [-0.2, -0.15) is 0 Å². The third-order valence-electron chi connectivity index (χ3n) is 3.86. The molecule has 0 atom stereocenters. The molecule has 108 valence electrons. The molecule has 0 aromatic heterocycles. The van der Waals surface area contributed by atoms with Gasteiger partial charge in [-0.1, -0.05) is 19.9 Å².